The van der Waals surface area contributed by atoms with E-state index in [1.165, 1.54) is 0 Å². The van der Waals surface area contributed by atoms with E-state index in [9.17, 15) is 5.11 Å². The Morgan fingerprint density at radius 1 is 1.24 bits per heavy atom. The average molecular weight is 225 g/mol. The number of rotatable bonds is 2. The fraction of sp³-hybridized carbons (Fsp3) is 0.0769. The zero-order valence-corrected chi connectivity index (χ0v) is 9.33. The molecule has 1 aromatic carbocycles. The van der Waals surface area contributed by atoms with Crippen molar-refractivity contribution in [2.45, 2.75) is 0 Å². The van der Waals surface area contributed by atoms with Crippen molar-refractivity contribution in [3.8, 4) is 11.8 Å². The minimum atomic E-state index is 0.218. The molecule has 0 saturated heterocycles. The largest absolute Gasteiger partial charge is 0.508 e. The highest BCUT2D eigenvalue weighted by atomic mass is 16.3. The second-order valence-corrected chi connectivity index (χ2v) is 3.59. The average Bonchev–Trinajstić information content (AvgIpc) is 2.38. The molecule has 2 rings (SSSR count). The topological polar surface area (TPSA) is 60.2 Å². The van der Waals surface area contributed by atoms with Gasteiger partial charge in [-0.25, -0.2) is 4.98 Å². The number of phenolic OH excluding ortho intramolecular Hbond substituents is 1. The number of pyridine rings is 1. The van der Waals surface area contributed by atoms with Gasteiger partial charge in [-0.2, -0.15) is 5.26 Å². The van der Waals surface area contributed by atoms with Crippen molar-refractivity contribution in [2.24, 2.45) is 0 Å². The van der Waals surface area contributed by atoms with Crippen molar-refractivity contribution in [3.63, 3.8) is 0 Å². The van der Waals surface area contributed by atoms with Crippen LogP contribution in [0.5, 0.6) is 5.75 Å². The summed E-state index contributed by atoms with van der Waals surface area (Å²) < 4.78 is 0. The first-order valence-corrected chi connectivity index (χ1v) is 5.09. The maximum Gasteiger partial charge on any atom is 0.140 e. The van der Waals surface area contributed by atoms with Crippen LogP contribution in [-0.2, 0) is 0 Å². The number of aromatic hydroxyl groups is 1. The van der Waals surface area contributed by atoms with Crippen LogP contribution in [0.25, 0.3) is 0 Å². The molecule has 0 bridgehead atoms. The number of benzene rings is 1. The van der Waals surface area contributed by atoms with Crippen molar-refractivity contribution in [3.05, 3.63) is 48.3 Å². The highest BCUT2D eigenvalue weighted by molar-refractivity contribution is 5.63. The molecule has 0 amide bonds. The third-order valence-corrected chi connectivity index (χ3v) is 2.47. The Bertz CT molecular complexity index is 558. The van der Waals surface area contributed by atoms with Gasteiger partial charge in [0.2, 0.25) is 0 Å². The number of nitriles is 1. The van der Waals surface area contributed by atoms with Gasteiger partial charge in [0, 0.05) is 18.8 Å². The summed E-state index contributed by atoms with van der Waals surface area (Å²) in [5.74, 6) is 0.218. The van der Waals surface area contributed by atoms with Gasteiger partial charge < -0.3 is 10.0 Å². The molecule has 1 aromatic heterocycles. The van der Waals surface area contributed by atoms with Gasteiger partial charge in [-0.05, 0) is 24.3 Å². The van der Waals surface area contributed by atoms with E-state index < -0.39 is 0 Å². The van der Waals surface area contributed by atoms with E-state index in [4.69, 9.17) is 5.26 Å². The molecule has 17 heavy (non-hydrogen) atoms. The Morgan fingerprint density at radius 3 is 2.65 bits per heavy atom. The zero-order valence-electron chi connectivity index (χ0n) is 9.33. The molecule has 0 saturated carbocycles. The van der Waals surface area contributed by atoms with Crippen LogP contribution in [0, 0.1) is 11.3 Å². The molecule has 0 fully saturated rings. The van der Waals surface area contributed by atoms with Gasteiger partial charge in [0.25, 0.3) is 0 Å². The van der Waals surface area contributed by atoms with Crippen LogP contribution in [0.4, 0.5) is 11.4 Å². The molecular weight excluding hydrogens is 214 g/mol. The van der Waals surface area contributed by atoms with Crippen LogP contribution in [-0.4, -0.2) is 17.1 Å². The second-order valence-electron chi connectivity index (χ2n) is 3.59. The van der Waals surface area contributed by atoms with Crippen LogP contribution in [0.3, 0.4) is 0 Å². The molecule has 4 nitrogen and oxygen atoms in total. The van der Waals surface area contributed by atoms with Gasteiger partial charge in [-0.3, -0.25) is 0 Å². The van der Waals surface area contributed by atoms with E-state index in [-0.39, 0.29) is 5.75 Å². The number of nitrogens with zero attached hydrogens (tertiary/aromatic N) is 3. The molecule has 0 aliphatic heterocycles. The lowest BCUT2D eigenvalue weighted by molar-refractivity contribution is 0.475. The first-order chi connectivity index (χ1) is 8.20. The molecule has 0 spiro atoms. The molecule has 0 aliphatic rings. The molecule has 1 heterocycles. The molecular formula is C13H11N3O. The van der Waals surface area contributed by atoms with Gasteiger partial charge in [0.05, 0.1) is 11.9 Å². The van der Waals surface area contributed by atoms with E-state index in [2.05, 4.69) is 4.98 Å². The summed E-state index contributed by atoms with van der Waals surface area (Å²) in [5.41, 5.74) is 2.10. The Morgan fingerprint density at radius 2 is 2.06 bits per heavy atom. The summed E-state index contributed by atoms with van der Waals surface area (Å²) in [7, 11) is 1.87. The highest BCUT2D eigenvalue weighted by Crippen LogP contribution is 2.25. The quantitative estimate of drug-likeness (QED) is 0.852. The van der Waals surface area contributed by atoms with Crippen LogP contribution in [0.1, 0.15) is 5.69 Å². The number of hydrogen-bond acceptors (Lipinski definition) is 4. The minimum absolute atomic E-state index is 0.218. The molecule has 84 valence electrons. The summed E-state index contributed by atoms with van der Waals surface area (Å²) in [6, 6.07) is 12.4. The molecule has 2 aromatic rings. The lowest BCUT2D eigenvalue weighted by Gasteiger charge is -2.19. The normalized spacial score (nSPS) is 9.65. The lowest BCUT2D eigenvalue weighted by Crippen LogP contribution is -2.09. The molecule has 0 aliphatic carbocycles. The Labute approximate surface area is 99.4 Å². The predicted molar refractivity (Wildman–Crippen MR) is 65.1 cm³/mol. The summed E-state index contributed by atoms with van der Waals surface area (Å²) in [5, 5.41) is 18.1. The monoisotopic (exact) mass is 225 g/mol. The van der Waals surface area contributed by atoms with Crippen molar-refractivity contribution >= 4 is 11.4 Å². The third kappa shape index (κ3) is 2.34. The first kappa shape index (κ1) is 11.0. The second kappa shape index (κ2) is 4.54. The lowest BCUT2D eigenvalue weighted by atomic mass is 10.2. The van der Waals surface area contributed by atoms with Crippen LogP contribution >= 0.6 is 0 Å². The summed E-state index contributed by atoms with van der Waals surface area (Å²) in [6.45, 7) is 0. The molecule has 0 radical (unpaired) electrons. The van der Waals surface area contributed by atoms with Gasteiger partial charge in [-0.15, -0.1) is 0 Å². The number of hydrogen-bond donors (Lipinski definition) is 1. The summed E-state index contributed by atoms with van der Waals surface area (Å²) in [4.78, 5) is 5.88. The molecule has 0 atom stereocenters. The van der Waals surface area contributed by atoms with Crippen LogP contribution < -0.4 is 4.90 Å². The zero-order chi connectivity index (χ0) is 12.3. The van der Waals surface area contributed by atoms with Crippen molar-refractivity contribution in [1.82, 2.24) is 4.98 Å². The third-order valence-electron chi connectivity index (χ3n) is 2.47. The van der Waals surface area contributed by atoms with Crippen molar-refractivity contribution in [2.75, 3.05) is 11.9 Å². The summed E-state index contributed by atoms with van der Waals surface area (Å²) >= 11 is 0. The van der Waals surface area contributed by atoms with Crippen LogP contribution in [0.15, 0.2) is 42.6 Å². The predicted octanol–water partition coefficient (Wildman–Crippen LogP) is 2.43. The van der Waals surface area contributed by atoms with Crippen molar-refractivity contribution in [1.29, 1.82) is 5.26 Å². The number of anilines is 2. The maximum atomic E-state index is 9.41. The number of aromatic nitrogens is 1. The Kier molecular flexibility index (Phi) is 2.93. The smallest absolute Gasteiger partial charge is 0.140 e. The standard InChI is InChI=1S/C13H11N3O/c1-16(11-3-2-4-13(17)7-11)12-6-5-10(8-14)15-9-12/h2-7,9,17H,1H3. The van der Waals surface area contributed by atoms with E-state index in [1.807, 2.05) is 30.1 Å². The van der Waals surface area contributed by atoms with Gasteiger partial charge in [0.15, 0.2) is 0 Å². The van der Waals surface area contributed by atoms with Gasteiger partial charge in [-0.1, -0.05) is 6.07 Å². The van der Waals surface area contributed by atoms with E-state index >= 15 is 0 Å². The Balaban J connectivity index is 2.30. The van der Waals surface area contributed by atoms with Gasteiger partial charge >= 0.3 is 0 Å². The molecule has 1 N–H and O–H groups in total. The van der Waals surface area contributed by atoms with E-state index in [1.54, 1.807) is 30.5 Å². The fourth-order valence-electron chi connectivity index (χ4n) is 1.50. The SMILES string of the molecule is CN(c1ccc(C#N)nc1)c1cccc(O)c1. The highest BCUT2D eigenvalue weighted by Gasteiger charge is 2.04. The van der Waals surface area contributed by atoms with Crippen molar-refractivity contribution < 1.29 is 5.11 Å². The first-order valence-electron chi connectivity index (χ1n) is 5.09. The minimum Gasteiger partial charge on any atom is -0.508 e. The molecule has 4 heteroatoms. The molecule has 0 unspecified atom stereocenters. The van der Waals surface area contributed by atoms with E-state index in [0.717, 1.165) is 11.4 Å². The number of phenols is 1. The fourth-order valence-corrected chi connectivity index (χ4v) is 1.50. The van der Waals surface area contributed by atoms with Gasteiger partial charge in [0.1, 0.15) is 17.5 Å². The van der Waals surface area contributed by atoms with E-state index in [0.29, 0.717) is 5.69 Å². The summed E-state index contributed by atoms with van der Waals surface area (Å²) in [6.07, 6.45) is 1.63. The maximum absolute atomic E-state index is 9.41. The Hall–Kier alpha value is -2.54. The van der Waals surface area contributed by atoms with Crippen LogP contribution in [0.2, 0.25) is 0 Å².